The number of hydrogen-bond donors (Lipinski definition) is 2. The Bertz CT molecular complexity index is 617. The van der Waals surface area contributed by atoms with Crippen LogP contribution in [0.4, 0.5) is 16.2 Å². The summed E-state index contributed by atoms with van der Waals surface area (Å²) in [4.78, 5) is 15.8. The maximum Gasteiger partial charge on any atom is 0.323 e. The minimum atomic E-state index is -0.377. The van der Waals surface area contributed by atoms with E-state index in [1.807, 2.05) is 6.92 Å². The van der Waals surface area contributed by atoms with Crippen LogP contribution in [-0.4, -0.2) is 18.1 Å². The van der Waals surface area contributed by atoms with Crippen LogP contribution in [0.5, 0.6) is 5.75 Å². The summed E-state index contributed by atoms with van der Waals surface area (Å²) in [5.74, 6) is 0.502. The molecule has 0 atom stereocenters. The van der Waals surface area contributed by atoms with E-state index in [0.717, 1.165) is 5.56 Å². The van der Waals surface area contributed by atoms with Gasteiger partial charge in [0.05, 0.1) is 24.7 Å². The molecule has 0 fully saturated rings. The number of nitrogens with zero attached hydrogens (tertiary/aromatic N) is 1. The van der Waals surface area contributed by atoms with Gasteiger partial charge in [0.25, 0.3) is 0 Å². The quantitative estimate of drug-likeness (QED) is 0.906. The highest BCUT2D eigenvalue weighted by atomic mass is 35.5. The first kappa shape index (κ1) is 14.1. The van der Waals surface area contributed by atoms with Crippen LogP contribution in [-0.2, 0) is 0 Å². The van der Waals surface area contributed by atoms with Crippen LogP contribution in [0.1, 0.15) is 5.56 Å². The molecule has 0 aliphatic heterocycles. The van der Waals surface area contributed by atoms with Crippen LogP contribution in [0.3, 0.4) is 0 Å². The Balaban J connectivity index is 2.13. The van der Waals surface area contributed by atoms with Crippen molar-refractivity contribution in [3.8, 4) is 5.75 Å². The first-order valence-electron chi connectivity index (χ1n) is 5.92. The first-order chi connectivity index (χ1) is 9.60. The molecule has 20 heavy (non-hydrogen) atoms. The molecule has 1 heterocycles. The summed E-state index contributed by atoms with van der Waals surface area (Å²) < 4.78 is 5.19. The van der Waals surface area contributed by atoms with Gasteiger partial charge in [0, 0.05) is 17.3 Å². The number of benzene rings is 1. The van der Waals surface area contributed by atoms with Crippen molar-refractivity contribution >= 4 is 29.0 Å². The Morgan fingerprint density at radius 3 is 2.80 bits per heavy atom. The maximum absolute atomic E-state index is 11.9. The molecule has 5 nitrogen and oxygen atoms in total. The van der Waals surface area contributed by atoms with E-state index in [9.17, 15) is 4.79 Å². The Labute approximate surface area is 121 Å². The third kappa shape index (κ3) is 3.39. The lowest BCUT2D eigenvalue weighted by Gasteiger charge is -2.12. The van der Waals surface area contributed by atoms with Gasteiger partial charge >= 0.3 is 6.03 Å². The first-order valence-corrected chi connectivity index (χ1v) is 6.30. The summed E-state index contributed by atoms with van der Waals surface area (Å²) >= 11 is 6.01. The zero-order valence-electron chi connectivity index (χ0n) is 11.1. The fraction of sp³-hybridized carbons (Fsp3) is 0.143. The fourth-order valence-electron chi connectivity index (χ4n) is 1.65. The van der Waals surface area contributed by atoms with E-state index in [0.29, 0.717) is 22.1 Å². The molecule has 6 heteroatoms. The summed E-state index contributed by atoms with van der Waals surface area (Å²) in [6.07, 6.45) is 3.19. The number of ether oxygens (including phenoxy) is 1. The Morgan fingerprint density at radius 2 is 2.15 bits per heavy atom. The molecule has 2 rings (SSSR count). The molecule has 0 unspecified atom stereocenters. The Kier molecular flexibility index (Phi) is 4.42. The van der Waals surface area contributed by atoms with Crippen molar-refractivity contribution in [1.29, 1.82) is 0 Å². The lowest BCUT2D eigenvalue weighted by Crippen LogP contribution is -2.20. The molecule has 2 N–H and O–H groups in total. The molecule has 0 radical (unpaired) electrons. The zero-order valence-corrected chi connectivity index (χ0v) is 11.9. The molecule has 1 aromatic carbocycles. The molecule has 0 saturated carbocycles. The van der Waals surface area contributed by atoms with Crippen molar-refractivity contribution in [3.05, 3.63) is 47.2 Å². The number of halogens is 1. The van der Waals surface area contributed by atoms with E-state index in [2.05, 4.69) is 15.6 Å². The predicted molar refractivity (Wildman–Crippen MR) is 79.6 cm³/mol. The van der Waals surface area contributed by atoms with Crippen LogP contribution in [0, 0.1) is 6.92 Å². The van der Waals surface area contributed by atoms with Crippen LogP contribution in [0.2, 0.25) is 5.02 Å². The monoisotopic (exact) mass is 291 g/mol. The van der Waals surface area contributed by atoms with E-state index in [1.165, 1.54) is 7.11 Å². The van der Waals surface area contributed by atoms with Gasteiger partial charge in [-0.1, -0.05) is 11.6 Å². The van der Waals surface area contributed by atoms with Gasteiger partial charge in [-0.2, -0.15) is 0 Å². The van der Waals surface area contributed by atoms with Crippen molar-refractivity contribution in [2.24, 2.45) is 0 Å². The van der Waals surface area contributed by atoms with Crippen molar-refractivity contribution < 1.29 is 9.53 Å². The number of rotatable bonds is 3. The molecule has 2 amide bonds. The molecule has 104 valence electrons. The van der Waals surface area contributed by atoms with Gasteiger partial charge in [-0.15, -0.1) is 0 Å². The summed E-state index contributed by atoms with van der Waals surface area (Å²) in [5, 5.41) is 5.97. The van der Waals surface area contributed by atoms with Gasteiger partial charge in [-0.05, 0) is 30.7 Å². The molecule has 0 saturated heterocycles. The number of aromatic nitrogens is 1. The number of nitrogens with one attached hydrogen (secondary N) is 2. The lowest BCUT2D eigenvalue weighted by atomic mass is 10.2. The number of aryl methyl sites for hydroxylation is 1. The highest BCUT2D eigenvalue weighted by Gasteiger charge is 2.10. The van der Waals surface area contributed by atoms with Crippen molar-refractivity contribution in [3.63, 3.8) is 0 Å². The molecule has 0 spiro atoms. The third-order valence-electron chi connectivity index (χ3n) is 2.65. The number of pyridine rings is 1. The summed E-state index contributed by atoms with van der Waals surface area (Å²) in [6.45, 7) is 1.85. The van der Waals surface area contributed by atoms with E-state index in [1.54, 1.807) is 36.7 Å². The number of carbonyl (C=O) groups excluding carboxylic acids is 1. The topological polar surface area (TPSA) is 63.2 Å². The molecular weight excluding hydrogens is 278 g/mol. The standard InChI is InChI=1S/C14H14ClN3O2/c1-9-6-12(13(20-2)7-11(9)15)18-14(19)17-10-4-3-5-16-8-10/h3-8H,1-2H3,(H2,17,18,19). The molecule has 1 aromatic heterocycles. The zero-order chi connectivity index (χ0) is 14.5. The van der Waals surface area contributed by atoms with Crippen molar-refractivity contribution in [2.45, 2.75) is 6.92 Å². The van der Waals surface area contributed by atoms with E-state index in [4.69, 9.17) is 16.3 Å². The molecule has 0 aliphatic carbocycles. The number of amides is 2. The van der Waals surface area contributed by atoms with Crippen LogP contribution in [0.15, 0.2) is 36.7 Å². The smallest absolute Gasteiger partial charge is 0.323 e. The SMILES string of the molecule is COc1cc(Cl)c(C)cc1NC(=O)Nc1cccnc1. The largest absolute Gasteiger partial charge is 0.495 e. The number of hydrogen-bond acceptors (Lipinski definition) is 3. The van der Waals surface area contributed by atoms with Crippen LogP contribution in [0.25, 0.3) is 0 Å². The lowest BCUT2D eigenvalue weighted by molar-refractivity contribution is 0.262. The average molecular weight is 292 g/mol. The summed E-state index contributed by atoms with van der Waals surface area (Å²) in [7, 11) is 1.52. The van der Waals surface area contributed by atoms with Gasteiger partial charge < -0.3 is 15.4 Å². The van der Waals surface area contributed by atoms with Crippen molar-refractivity contribution in [2.75, 3.05) is 17.7 Å². The number of carbonyl (C=O) groups is 1. The second kappa shape index (κ2) is 6.25. The van der Waals surface area contributed by atoms with Gasteiger partial charge in [0.2, 0.25) is 0 Å². The molecule has 0 aliphatic rings. The number of anilines is 2. The highest BCUT2D eigenvalue weighted by Crippen LogP contribution is 2.30. The fourth-order valence-corrected chi connectivity index (χ4v) is 1.80. The maximum atomic E-state index is 11.9. The normalized spacial score (nSPS) is 9.95. The van der Waals surface area contributed by atoms with Crippen molar-refractivity contribution in [1.82, 2.24) is 4.98 Å². The molecule has 2 aromatic rings. The van der Waals surface area contributed by atoms with E-state index < -0.39 is 0 Å². The second-order valence-electron chi connectivity index (χ2n) is 4.12. The molecular formula is C14H14ClN3O2. The van der Waals surface area contributed by atoms with Gasteiger partial charge in [-0.25, -0.2) is 4.79 Å². The van der Waals surface area contributed by atoms with Gasteiger partial charge in [-0.3, -0.25) is 4.98 Å². The third-order valence-corrected chi connectivity index (χ3v) is 3.06. The number of methoxy groups -OCH3 is 1. The molecule has 0 bridgehead atoms. The van der Waals surface area contributed by atoms with E-state index >= 15 is 0 Å². The minimum Gasteiger partial charge on any atom is -0.495 e. The predicted octanol–water partition coefficient (Wildman–Crippen LogP) is 3.70. The van der Waals surface area contributed by atoms with Crippen LogP contribution < -0.4 is 15.4 Å². The average Bonchev–Trinajstić information content (AvgIpc) is 2.43. The van der Waals surface area contributed by atoms with Crippen LogP contribution >= 0.6 is 11.6 Å². The Morgan fingerprint density at radius 1 is 1.35 bits per heavy atom. The minimum absolute atomic E-state index is 0.377. The number of urea groups is 1. The van der Waals surface area contributed by atoms with E-state index in [-0.39, 0.29) is 6.03 Å². The highest BCUT2D eigenvalue weighted by molar-refractivity contribution is 6.31. The van der Waals surface area contributed by atoms with Gasteiger partial charge in [0.15, 0.2) is 0 Å². The van der Waals surface area contributed by atoms with Gasteiger partial charge in [0.1, 0.15) is 5.75 Å². The summed E-state index contributed by atoms with van der Waals surface area (Å²) in [6, 6.07) is 6.53. The second-order valence-corrected chi connectivity index (χ2v) is 4.53. The summed E-state index contributed by atoms with van der Waals surface area (Å²) in [5.41, 5.74) is 2.01. The Hall–Kier alpha value is -2.27.